The number of alkyl halides is 2. The van der Waals surface area contributed by atoms with Gasteiger partial charge in [0.2, 0.25) is 12.3 Å². The minimum absolute atomic E-state index is 0.0485. The molecular formula is C24H26F2N2O6. The Morgan fingerprint density at radius 2 is 1.59 bits per heavy atom. The lowest BCUT2D eigenvalue weighted by molar-refractivity contribution is -0.143. The summed E-state index contributed by atoms with van der Waals surface area (Å²) in [6.45, 7) is 0.363. The van der Waals surface area contributed by atoms with Gasteiger partial charge in [-0.25, -0.2) is 18.4 Å². The highest BCUT2D eigenvalue weighted by molar-refractivity contribution is 5.83. The molecule has 3 rings (SSSR count). The number of carbonyl (C=O) groups is 3. The van der Waals surface area contributed by atoms with Gasteiger partial charge < -0.3 is 25.2 Å². The maximum atomic E-state index is 12.3. The number of alkyl carbamates (subject to hydrolysis) is 1. The molecule has 2 aromatic rings. The van der Waals surface area contributed by atoms with Crippen LogP contribution in [0.25, 0.3) is 11.1 Å². The fraction of sp³-hybridized carbons (Fsp3) is 0.375. The molecule has 0 aromatic heterocycles. The maximum Gasteiger partial charge on any atom is 0.407 e. The zero-order valence-corrected chi connectivity index (χ0v) is 18.3. The number of carboxylic acid groups (broad SMARTS) is 1. The Morgan fingerprint density at radius 3 is 2.18 bits per heavy atom. The Hall–Kier alpha value is -3.53. The maximum absolute atomic E-state index is 12.3. The number of halogens is 2. The quantitative estimate of drug-likeness (QED) is 0.406. The number of aliphatic carboxylic acids is 1. The smallest absolute Gasteiger partial charge is 0.407 e. The molecule has 1 unspecified atom stereocenters. The van der Waals surface area contributed by atoms with Crippen molar-refractivity contribution in [2.75, 3.05) is 26.4 Å². The topological polar surface area (TPSA) is 114 Å². The van der Waals surface area contributed by atoms with E-state index < -0.39 is 36.9 Å². The zero-order valence-electron chi connectivity index (χ0n) is 18.3. The summed E-state index contributed by atoms with van der Waals surface area (Å²) in [6, 6.07) is 14.4. The van der Waals surface area contributed by atoms with Gasteiger partial charge in [0.1, 0.15) is 12.6 Å². The monoisotopic (exact) mass is 476 g/mol. The van der Waals surface area contributed by atoms with E-state index in [0.29, 0.717) is 0 Å². The van der Waals surface area contributed by atoms with E-state index in [1.807, 2.05) is 53.8 Å². The van der Waals surface area contributed by atoms with Gasteiger partial charge in [0.25, 0.3) is 0 Å². The lowest BCUT2D eigenvalue weighted by atomic mass is 9.98. The molecule has 0 fully saturated rings. The minimum Gasteiger partial charge on any atom is -0.480 e. The molecule has 3 N–H and O–H groups in total. The molecule has 0 saturated carbocycles. The van der Waals surface area contributed by atoms with Crippen molar-refractivity contribution < 1.29 is 37.7 Å². The molecule has 1 aliphatic rings. The Morgan fingerprint density at radius 1 is 0.971 bits per heavy atom. The van der Waals surface area contributed by atoms with Crippen molar-refractivity contribution in [3.05, 3.63) is 59.7 Å². The third kappa shape index (κ3) is 6.74. The van der Waals surface area contributed by atoms with Crippen molar-refractivity contribution in [3.63, 3.8) is 0 Å². The third-order valence-electron chi connectivity index (χ3n) is 5.38. The highest BCUT2D eigenvalue weighted by atomic mass is 19.3. The molecule has 0 spiro atoms. The number of ether oxygens (including phenoxy) is 2. The van der Waals surface area contributed by atoms with E-state index in [4.69, 9.17) is 14.6 Å². The predicted molar refractivity (Wildman–Crippen MR) is 119 cm³/mol. The second-order valence-electron chi connectivity index (χ2n) is 7.70. The van der Waals surface area contributed by atoms with Crippen LogP contribution in [0.1, 0.15) is 29.9 Å². The Bertz CT molecular complexity index is 971. The molecule has 1 aliphatic carbocycles. The van der Waals surface area contributed by atoms with Crippen LogP contribution in [0.4, 0.5) is 13.6 Å². The first-order valence-corrected chi connectivity index (χ1v) is 10.8. The van der Waals surface area contributed by atoms with Crippen LogP contribution in [0.3, 0.4) is 0 Å². The van der Waals surface area contributed by atoms with E-state index in [9.17, 15) is 23.2 Å². The average Bonchev–Trinajstić information content (AvgIpc) is 3.13. The summed E-state index contributed by atoms with van der Waals surface area (Å²) in [5.74, 6) is -2.29. The van der Waals surface area contributed by atoms with Crippen molar-refractivity contribution in [2.24, 2.45) is 0 Å². The van der Waals surface area contributed by atoms with Crippen molar-refractivity contribution in [3.8, 4) is 11.1 Å². The van der Waals surface area contributed by atoms with Crippen LogP contribution in [0.2, 0.25) is 0 Å². The Balaban J connectivity index is 1.33. The first-order valence-electron chi connectivity index (χ1n) is 10.8. The summed E-state index contributed by atoms with van der Waals surface area (Å²) in [5, 5.41) is 13.4. The average molecular weight is 476 g/mol. The molecule has 1 atom stereocenters. The summed E-state index contributed by atoms with van der Waals surface area (Å²) in [5.41, 5.74) is 4.48. The van der Waals surface area contributed by atoms with Crippen LogP contribution in [0.15, 0.2) is 48.5 Å². The third-order valence-corrected chi connectivity index (χ3v) is 5.38. The van der Waals surface area contributed by atoms with Gasteiger partial charge in [-0.15, -0.1) is 0 Å². The fourth-order valence-corrected chi connectivity index (χ4v) is 3.81. The lowest BCUT2D eigenvalue weighted by Gasteiger charge is -2.15. The van der Waals surface area contributed by atoms with E-state index in [0.717, 1.165) is 22.3 Å². The number of amides is 2. The number of nitrogens with one attached hydrogen (secondary N) is 2. The number of carbonyl (C=O) groups excluding carboxylic acids is 2. The number of fused-ring (bicyclic) bond motifs is 3. The normalized spacial score (nSPS) is 13.1. The summed E-state index contributed by atoms with van der Waals surface area (Å²) >= 11 is 0. The van der Waals surface area contributed by atoms with Gasteiger partial charge in [-0.2, -0.15) is 0 Å². The van der Waals surface area contributed by atoms with Crippen molar-refractivity contribution in [2.45, 2.75) is 31.2 Å². The largest absolute Gasteiger partial charge is 0.480 e. The second kappa shape index (κ2) is 12.1. The van der Waals surface area contributed by atoms with E-state index in [1.165, 1.54) is 0 Å². The highest BCUT2D eigenvalue weighted by Crippen LogP contribution is 2.44. The molecule has 34 heavy (non-hydrogen) atoms. The van der Waals surface area contributed by atoms with Gasteiger partial charge in [0, 0.05) is 25.3 Å². The molecule has 0 radical (unpaired) electrons. The van der Waals surface area contributed by atoms with E-state index >= 15 is 0 Å². The van der Waals surface area contributed by atoms with Gasteiger partial charge >= 0.3 is 12.1 Å². The van der Waals surface area contributed by atoms with E-state index in [1.54, 1.807) is 0 Å². The van der Waals surface area contributed by atoms with Crippen LogP contribution in [-0.2, 0) is 19.1 Å². The summed E-state index contributed by atoms with van der Waals surface area (Å²) in [7, 11) is 0. The van der Waals surface area contributed by atoms with Crippen LogP contribution in [-0.4, -0.2) is 61.9 Å². The van der Waals surface area contributed by atoms with Crippen molar-refractivity contribution in [1.82, 2.24) is 10.6 Å². The molecule has 10 heteroatoms. The Labute approximate surface area is 195 Å². The molecule has 8 nitrogen and oxygen atoms in total. The molecule has 0 saturated heterocycles. The SMILES string of the molecule is O=C(CCOCCNC(=O)OCC1c2ccccc2-c2ccccc21)NC(CC(F)F)C(=O)O. The fourth-order valence-electron chi connectivity index (χ4n) is 3.81. The van der Waals surface area contributed by atoms with Crippen LogP contribution < -0.4 is 10.6 Å². The van der Waals surface area contributed by atoms with Crippen molar-refractivity contribution >= 4 is 18.0 Å². The van der Waals surface area contributed by atoms with Gasteiger partial charge in [-0.1, -0.05) is 48.5 Å². The van der Waals surface area contributed by atoms with E-state index in [2.05, 4.69) is 5.32 Å². The van der Waals surface area contributed by atoms with Crippen LogP contribution in [0.5, 0.6) is 0 Å². The standard InChI is InChI=1S/C24H26F2N2O6/c25-21(26)13-20(23(30)31)28-22(29)9-11-33-12-10-27-24(32)34-14-19-17-7-3-1-5-15(17)16-6-2-4-8-18(16)19/h1-8,19-21H,9-14H2,(H,27,32)(H,28,29)(H,30,31). The first-order chi connectivity index (χ1) is 16.4. The van der Waals surface area contributed by atoms with Gasteiger partial charge in [0.05, 0.1) is 13.2 Å². The molecule has 2 amide bonds. The van der Waals surface area contributed by atoms with Gasteiger partial charge in [-0.3, -0.25) is 4.79 Å². The van der Waals surface area contributed by atoms with Crippen LogP contribution >= 0.6 is 0 Å². The zero-order chi connectivity index (χ0) is 24.5. The van der Waals surface area contributed by atoms with E-state index in [-0.39, 0.29) is 38.7 Å². The number of carboxylic acids is 1. The van der Waals surface area contributed by atoms with Gasteiger partial charge in [-0.05, 0) is 22.3 Å². The number of rotatable bonds is 12. The first kappa shape index (κ1) is 25.1. The molecule has 2 aromatic carbocycles. The number of benzene rings is 2. The molecule has 182 valence electrons. The van der Waals surface area contributed by atoms with Crippen molar-refractivity contribution in [1.29, 1.82) is 0 Å². The number of hydrogen-bond donors (Lipinski definition) is 3. The molecule has 0 bridgehead atoms. The minimum atomic E-state index is -2.85. The summed E-state index contributed by atoms with van der Waals surface area (Å²) in [6.07, 6.45) is -4.61. The van der Waals surface area contributed by atoms with Gasteiger partial charge in [0.15, 0.2) is 0 Å². The second-order valence-corrected chi connectivity index (χ2v) is 7.70. The van der Waals surface area contributed by atoms with Crippen LogP contribution in [0, 0.1) is 0 Å². The number of hydrogen-bond acceptors (Lipinski definition) is 5. The predicted octanol–water partition coefficient (Wildman–Crippen LogP) is 3.16. The molecule has 0 aliphatic heterocycles. The highest BCUT2D eigenvalue weighted by Gasteiger charge is 2.29. The lowest BCUT2D eigenvalue weighted by Crippen LogP contribution is -2.42. The molecule has 0 heterocycles. The Kier molecular flexibility index (Phi) is 8.92. The molecular weight excluding hydrogens is 450 g/mol. The summed E-state index contributed by atoms with van der Waals surface area (Å²) in [4.78, 5) is 34.6. The summed E-state index contributed by atoms with van der Waals surface area (Å²) < 4.78 is 35.3.